The van der Waals surface area contributed by atoms with Gasteiger partial charge in [0.1, 0.15) is 11.6 Å². The number of halogens is 1. The van der Waals surface area contributed by atoms with E-state index in [4.69, 9.17) is 16.3 Å². The van der Waals surface area contributed by atoms with Crippen LogP contribution in [0.2, 0.25) is 5.02 Å². The van der Waals surface area contributed by atoms with E-state index in [0.29, 0.717) is 54.0 Å². The van der Waals surface area contributed by atoms with Crippen LogP contribution in [0.25, 0.3) is 0 Å². The van der Waals surface area contributed by atoms with Gasteiger partial charge in [0.15, 0.2) is 0 Å². The molecule has 0 saturated carbocycles. The van der Waals surface area contributed by atoms with E-state index >= 15 is 0 Å². The molecule has 0 bridgehead atoms. The lowest BCUT2D eigenvalue weighted by Gasteiger charge is -2.34. The molecule has 1 aliphatic rings. The summed E-state index contributed by atoms with van der Waals surface area (Å²) in [5.74, 6) is 1.17. The smallest absolute Gasteiger partial charge is 0.255 e. The number of nitrogens with zero attached hydrogens (tertiary/aromatic N) is 3. The fourth-order valence-electron chi connectivity index (χ4n) is 2.92. The third kappa shape index (κ3) is 4.49. The fourth-order valence-corrected chi connectivity index (χ4v) is 3.09. The fraction of sp³-hybridized carbons (Fsp3) is 0.316. The Hall–Kier alpha value is -2.80. The lowest BCUT2D eigenvalue weighted by atomic mass is 10.2. The molecular weight excluding hydrogens is 368 g/mol. The summed E-state index contributed by atoms with van der Waals surface area (Å²) in [7, 11) is 1.58. The van der Waals surface area contributed by atoms with Gasteiger partial charge in [-0.15, -0.1) is 0 Å². The van der Waals surface area contributed by atoms with Crippen LogP contribution in [0.1, 0.15) is 17.3 Å². The van der Waals surface area contributed by atoms with E-state index in [-0.39, 0.29) is 11.8 Å². The van der Waals surface area contributed by atoms with Crippen molar-refractivity contribution in [2.24, 2.45) is 0 Å². The minimum Gasteiger partial charge on any atom is -0.495 e. The summed E-state index contributed by atoms with van der Waals surface area (Å²) in [4.78, 5) is 31.8. The maximum atomic E-state index is 12.6. The predicted molar refractivity (Wildman–Crippen MR) is 104 cm³/mol. The molecule has 2 amide bonds. The van der Waals surface area contributed by atoms with Gasteiger partial charge in [0, 0.05) is 44.3 Å². The first-order chi connectivity index (χ1) is 13.0. The number of piperazine rings is 1. The molecule has 1 fully saturated rings. The van der Waals surface area contributed by atoms with Gasteiger partial charge in [-0.25, -0.2) is 4.98 Å². The van der Waals surface area contributed by atoms with E-state index in [1.54, 1.807) is 60.4 Å². The number of ether oxygens (including phenoxy) is 1. The van der Waals surface area contributed by atoms with Crippen LogP contribution in [0.15, 0.2) is 36.5 Å². The van der Waals surface area contributed by atoms with Crippen molar-refractivity contribution in [2.75, 3.05) is 38.6 Å². The SMILES string of the molecule is COc1ccc(Cl)cc1Nc1ccc(C(=O)N2CCN(C(C)=O)CC2)cn1. The number of carbonyl (C=O) groups is 2. The quantitative estimate of drug-likeness (QED) is 0.871. The Morgan fingerprint density at radius 3 is 2.41 bits per heavy atom. The summed E-state index contributed by atoms with van der Waals surface area (Å²) < 4.78 is 5.30. The van der Waals surface area contributed by atoms with Crippen molar-refractivity contribution in [3.63, 3.8) is 0 Å². The number of hydrogen-bond acceptors (Lipinski definition) is 5. The van der Waals surface area contributed by atoms with Gasteiger partial charge in [-0.05, 0) is 30.3 Å². The first-order valence-corrected chi connectivity index (χ1v) is 8.97. The number of nitrogens with one attached hydrogen (secondary N) is 1. The van der Waals surface area contributed by atoms with Gasteiger partial charge in [0.2, 0.25) is 5.91 Å². The Kier molecular flexibility index (Phi) is 5.81. The highest BCUT2D eigenvalue weighted by Crippen LogP contribution is 2.29. The zero-order valence-corrected chi connectivity index (χ0v) is 16.0. The van der Waals surface area contributed by atoms with Crippen molar-refractivity contribution in [3.8, 4) is 5.75 Å². The molecule has 0 radical (unpaired) electrons. The van der Waals surface area contributed by atoms with Crippen LogP contribution in [0.4, 0.5) is 11.5 Å². The zero-order chi connectivity index (χ0) is 19.4. The molecule has 2 aromatic rings. The van der Waals surface area contributed by atoms with Gasteiger partial charge in [-0.1, -0.05) is 11.6 Å². The second-order valence-electron chi connectivity index (χ2n) is 6.20. The van der Waals surface area contributed by atoms with Crippen LogP contribution in [0.5, 0.6) is 5.75 Å². The van der Waals surface area contributed by atoms with Gasteiger partial charge < -0.3 is 19.9 Å². The molecule has 2 heterocycles. The standard InChI is InChI=1S/C19H21ClN4O3/c1-13(25)23-7-9-24(10-8-23)19(26)14-3-6-18(21-12-14)22-16-11-15(20)4-5-17(16)27-2/h3-6,11-12H,7-10H2,1-2H3,(H,21,22). The molecule has 0 aliphatic carbocycles. The predicted octanol–water partition coefficient (Wildman–Crippen LogP) is 2.79. The van der Waals surface area contributed by atoms with E-state index in [1.807, 2.05) is 0 Å². The molecule has 7 nitrogen and oxygen atoms in total. The van der Waals surface area contributed by atoms with Crippen molar-refractivity contribution >= 4 is 34.9 Å². The Morgan fingerprint density at radius 1 is 1.11 bits per heavy atom. The average Bonchev–Trinajstić information content (AvgIpc) is 2.68. The first kappa shape index (κ1) is 19.0. The molecule has 1 aliphatic heterocycles. The topological polar surface area (TPSA) is 74.8 Å². The molecule has 8 heteroatoms. The number of carbonyl (C=O) groups excluding carboxylic acids is 2. The largest absolute Gasteiger partial charge is 0.495 e. The van der Waals surface area contributed by atoms with Crippen molar-refractivity contribution in [1.82, 2.24) is 14.8 Å². The second kappa shape index (κ2) is 8.26. The van der Waals surface area contributed by atoms with Gasteiger partial charge in [-0.2, -0.15) is 0 Å². The van der Waals surface area contributed by atoms with E-state index in [1.165, 1.54) is 0 Å². The van der Waals surface area contributed by atoms with Crippen molar-refractivity contribution in [2.45, 2.75) is 6.92 Å². The lowest BCUT2D eigenvalue weighted by Crippen LogP contribution is -2.50. The van der Waals surface area contributed by atoms with Crippen LogP contribution in [-0.2, 0) is 4.79 Å². The Labute approximate surface area is 162 Å². The molecule has 0 atom stereocenters. The normalized spacial score (nSPS) is 14.0. The Balaban J connectivity index is 1.66. The van der Waals surface area contributed by atoms with Crippen molar-refractivity contribution in [1.29, 1.82) is 0 Å². The molecule has 1 saturated heterocycles. The maximum Gasteiger partial charge on any atom is 0.255 e. The lowest BCUT2D eigenvalue weighted by molar-refractivity contribution is -0.130. The maximum absolute atomic E-state index is 12.6. The van der Waals surface area contributed by atoms with E-state index in [9.17, 15) is 9.59 Å². The minimum absolute atomic E-state index is 0.0376. The monoisotopic (exact) mass is 388 g/mol. The summed E-state index contributed by atoms with van der Waals surface area (Å²) in [6, 6.07) is 8.72. The zero-order valence-electron chi connectivity index (χ0n) is 15.2. The number of hydrogen-bond donors (Lipinski definition) is 1. The molecule has 27 heavy (non-hydrogen) atoms. The summed E-state index contributed by atoms with van der Waals surface area (Å²) >= 11 is 6.03. The van der Waals surface area contributed by atoms with Crippen molar-refractivity contribution < 1.29 is 14.3 Å². The minimum atomic E-state index is -0.0856. The van der Waals surface area contributed by atoms with Gasteiger partial charge in [0.25, 0.3) is 5.91 Å². The highest BCUT2D eigenvalue weighted by atomic mass is 35.5. The van der Waals surface area contributed by atoms with Gasteiger partial charge in [0.05, 0.1) is 18.4 Å². The van der Waals surface area contributed by atoms with Crippen LogP contribution >= 0.6 is 11.6 Å². The van der Waals surface area contributed by atoms with Gasteiger partial charge in [-0.3, -0.25) is 9.59 Å². The van der Waals surface area contributed by atoms with Crippen molar-refractivity contribution in [3.05, 3.63) is 47.1 Å². The summed E-state index contributed by atoms with van der Waals surface area (Å²) in [6.45, 7) is 3.71. The highest BCUT2D eigenvalue weighted by Gasteiger charge is 2.23. The number of aromatic nitrogens is 1. The third-order valence-corrected chi connectivity index (χ3v) is 4.68. The Bertz CT molecular complexity index is 833. The second-order valence-corrected chi connectivity index (χ2v) is 6.64. The average molecular weight is 389 g/mol. The summed E-state index contributed by atoms with van der Waals surface area (Å²) in [6.07, 6.45) is 1.54. The van der Waals surface area contributed by atoms with Crippen LogP contribution in [-0.4, -0.2) is 59.9 Å². The summed E-state index contributed by atoms with van der Waals surface area (Å²) in [5, 5.41) is 3.72. The van der Waals surface area contributed by atoms with Crippen LogP contribution in [0, 0.1) is 0 Å². The molecule has 1 N–H and O–H groups in total. The molecule has 142 valence electrons. The number of methoxy groups -OCH3 is 1. The van der Waals surface area contributed by atoms with Crippen LogP contribution < -0.4 is 10.1 Å². The van der Waals surface area contributed by atoms with E-state index < -0.39 is 0 Å². The van der Waals surface area contributed by atoms with E-state index in [2.05, 4.69) is 10.3 Å². The molecular formula is C19H21ClN4O3. The molecule has 3 rings (SSSR count). The molecule has 0 spiro atoms. The third-order valence-electron chi connectivity index (χ3n) is 4.45. The Morgan fingerprint density at radius 2 is 1.81 bits per heavy atom. The molecule has 1 aromatic heterocycles. The van der Waals surface area contributed by atoms with Gasteiger partial charge >= 0.3 is 0 Å². The first-order valence-electron chi connectivity index (χ1n) is 8.59. The highest BCUT2D eigenvalue weighted by molar-refractivity contribution is 6.31. The number of rotatable bonds is 4. The number of anilines is 2. The van der Waals surface area contributed by atoms with E-state index in [0.717, 1.165) is 0 Å². The molecule has 1 aromatic carbocycles. The number of amides is 2. The summed E-state index contributed by atoms with van der Waals surface area (Å²) in [5.41, 5.74) is 1.20. The molecule has 0 unspecified atom stereocenters. The number of pyridine rings is 1. The van der Waals surface area contributed by atoms with Crippen LogP contribution in [0.3, 0.4) is 0 Å². The number of benzene rings is 1.